The molecule has 4 heteroatoms. The van der Waals surface area contributed by atoms with E-state index >= 15 is 0 Å². The van der Waals surface area contributed by atoms with E-state index < -0.39 is 0 Å². The van der Waals surface area contributed by atoms with E-state index in [-0.39, 0.29) is 11.7 Å². The summed E-state index contributed by atoms with van der Waals surface area (Å²) in [5.41, 5.74) is 1.32. The molecule has 0 spiro atoms. The van der Waals surface area contributed by atoms with Gasteiger partial charge in [-0.1, -0.05) is 0 Å². The highest BCUT2D eigenvalue weighted by Crippen LogP contribution is 2.17. The Labute approximate surface area is 120 Å². The Morgan fingerprint density at radius 2 is 2.10 bits per heavy atom. The molecule has 110 valence electrons. The number of halogens is 1. The molecule has 1 amide bonds. The molecule has 2 rings (SSSR count). The number of rotatable bonds is 4. The second kappa shape index (κ2) is 6.84. The lowest BCUT2D eigenvalue weighted by Gasteiger charge is -2.29. The van der Waals surface area contributed by atoms with Crippen LogP contribution in [0.3, 0.4) is 0 Å². The zero-order chi connectivity index (χ0) is 14.5. The molecule has 0 saturated carbocycles. The van der Waals surface area contributed by atoms with Gasteiger partial charge in [-0.3, -0.25) is 4.79 Å². The van der Waals surface area contributed by atoms with Crippen LogP contribution in [-0.4, -0.2) is 37.0 Å². The molecule has 1 aromatic rings. The quantitative estimate of drug-likeness (QED) is 0.918. The summed E-state index contributed by atoms with van der Waals surface area (Å²) in [6, 6.07) is 4.38. The zero-order valence-corrected chi connectivity index (χ0v) is 12.3. The third-order valence-corrected chi connectivity index (χ3v) is 4.03. The average molecular weight is 278 g/mol. The average Bonchev–Trinajstić information content (AvgIpc) is 2.45. The molecule has 0 aliphatic carbocycles. The van der Waals surface area contributed by atoms with Crippen molar-refractivity contribution in [3.05, 3.63) is 35.1 Å². The molecular formula is C16H23FN2O. The van der Waals surface area contributed by atoms with Gasteiger partial charge in [-0.2, -0.15) is 0 Å². The second-order valence-corrected chi connectivity index (χ2v) is 5.50. The number of aryl methyl sites for hydroxylation is 1. The number of nitrogens with one attached hydrogen (secondary N) is 1. The molecule has 1 N–H and O–H groups in total. The van der Waals surface area contributed by atoms with E-state index in [1.165, 1.54) is 12.1 Å². The molecule has 0 aromatic heterocycles. The number of benzene rings is 1. The van der Waals surface area contributed by atoms with Crippen LogP contribution in [0.25, 0.3) is 0 Å². The molecule has 1 aliphatic heterocycles. The van der Waals surface area contributed by atoms with Crippen LogP contribution in [0, 0.1) is 18.7 Å². The van der Waals surface area contributed by atoms with Gasteiger partial charge in [0.05, 0.1) is 0 Å². The van der Waals surface area contributed by atoms with Crippen molar-refractivity contribution in [3.63, 3.8) is 0 Å². The lowest BCUT2D eigenvalue weighted by atomic mass is 9.97. The summed E-state index contributed by atoms with van der Waals surface area (Å²) in [7, 11) is 0. The largest absolute Gasteiger partial charge is 0.339 e. The van der Waals surface area contributed by atoms with E-state index in [9.17, 15) is 9.18 Å². The number of carbonyl (C=O) groups is 1. The minimum absolute atomic E-state index is 0.0172. The lowest BCUT2D eigenvalue weighted by molar-refractivity contribution is 0.0726. The third kappa shape index (κ3) is 3.57. The fraction of sp³-hybridized carbons (Fsp3) is 0.562. The van der Waals surface area contributed by atoms with Gasteiger partial charge in [0.1, 0.15) is 5.82 Å². The first-order valence-electron chi connectivity index (χ1n) is 7.38. The predicted octanol–water partition coefficient (Wildman–Crippen LogP) is 2.60. The normalized spacial score (nSPS) is 16.1. The summed E-state index contributed by atoms with van der Waals surface area (Å²) < 4.78 is 13.1. The third-order valence-electron chi connectivity index (χ3n) is 4.03. The van der Waals surface area contributed by atoms with Gasteiger partial charge in [-0.25, -0.2) is 4.39 Å². The van der Waals surface area contributed by atoms with E-state index in [4.69, 9.17) is 0 Å². The van der Waals surface area contributed by atoms with Crippen LogP contribution in [0.4, 0.5) is 4.39 Å². The van der Waals surface area contributed by atoms with Crippen molar-refractivity contribution in [3.8, 4) is 0 Å². The molecule has 3 nitrogen and oxygen atoms in total. The Balaban J connectivity index is 2.07. The number of piperidine rings is 1. The molecule has 1 heterocycles. The van der Waals surface area contributed by atoms with Gasteiger partial charge in [-0.15, -0.1) is 0 Å². The Bertz CT molecular complexity index is 470. The smallest absolute Gasteiger partial charge is 0.254 e. The molecule has 0 atom stereocenters. The number of hydrogen-bond donors (Lipinski definition) is 1. The van der Waals surface area contributed by atoms with Gasteiger partial charge in [-0.05, 0) is 69.5 Å². The van der Waals surface area contributed by atoms with E-state index in [2.05, 4.69) is 5.32 Å². The second-order valence-electron chi connectivity index (χ2n) is 5.50. The molecule has 1 aromatic carbocycles. The first-order valence-corrected chi connectivity index (χ1v) is 7.38. The monoisotopic (exact) mass is 278 g/mol. The maximum atomic E-state index is 13.1. The van der Waals surface area contributed by atoms with Gasteiger partial charge in [0.15, 0.2) is 0 Å². The van der Waals surface area contributed by atoms with E-state index in [1.807, 2.05) is 11.8 Å². The van der Waals surface area contributed by atoms with Crippen molar-refractivity contribution >= 4 is 5.91 Å². The number of carbonyl (C=O) groups excluding carboxylic acids is 1. The Morgan fingerprint density at radius 1 is 1.40 bits per heavy atom. The topological polar surface area (TPSA) is 32.3 Å². The van der Waals surface area contributed by atoms with Crippen LogP contribution in [0.2, 0.25) is 0 Å². The van der Waals surface area contributed by atoms with Crippen molar-refractivity contribution in [2.75, 3.05) is 26.2 Å². The van der Waals surface area contributed by atoms with Gasteiger partial charge >= 0.3 is 0 Å². The minimum atomic E-state index is -0.291. The molecule has 0 bridgehead atoms. The maximum Gasteiger partial charge on any atom is 0.254 e. The van der Waals surface area contributed by atoms with Crippen molar-refractivity contribution in [1.82, 2.24) is 10.2 Å². The highest BCUT2D eigenvalue weighted by atomic mass is 19.1. The Morgan fingerprint density at radius 3 is 2.70 bits per heavy atom. The van der Waals surface area contributed by atoms with Gasteiger partial charge in [0.2, 0.25) is 0 Å². The molecule has 1 fully saturated rings. The zero-order valence-electron chi connectivity index (χ0n) is 12.3. The summed E-state index contributed by atoms with van der Waals surface area (Å²) >= 11 is 0. The SMILES string of the molecule is CCN(CC1CCNCC1)C(=O)c1ccc(F)cc1C. The lowest BCUT2D eigenvalue weighted by Crippen LogP contribution is -2.39. The highest BCUT2D eigenvalue weighted by molar-refractivity contribution is 5.95. The van der Waals surface area contributed by atoms with Crippen LogP contribution in [0.5, 0.6) is 0 Å². The van der Waals surface area contributed by atoms with E-state index in [0.717, 1.165) is 32.5 Å². The fourth-order valence-electron chi connectivity index (χ4n) is 2.77. The molecular weight excluding hydrogens is 255 g/mol. The summed E-state index contributed by atoms with van der Waals surface area (Å²) in [5.74, 6) is 0.296. The first-order chi connectivity index (χ1) is 9.61. The molecule has 0 unspecified atom stereocenters. The Hall–Kier alpha value is -1.42. The van der Waals surface area contributed by atoms with Gasteiger partial charge in [0, 0.05) is 18.7 Å². The van der Waals surface area contributed by atoms with Crippen LogP contribution >= 0.6 is 0 Å². The molecule has 20 heavy (non-hydrogen) atoms. The summed E-state index contributed by atoms with van der Waals surface area (Å²) in [6.45, 7) is 7.35. The predicted molar refractivity (Wildman–Crippen MR) is 78.3 cm³/mol. The van der Waals surface area contributed by atoms with Crippen LogP contribution in [-0.2, 0) is 0 Å². The standard InChI is InChI=1S/C16H23FN2O/c1-3-19(11-13-6-8-18-9-7-13)16(20)15-5-4-14(17)10-12(15)2/h4-5,10,13,18H,3,6-9,11H2,1-2H3. The fourth-order valence-corrected chi connectivity index (χ4v) is 2.77. The van der Waals surface area contributed by atoms with Crippen LogP contribution < -0.4 is 5.32 Å². The minimum Gasteiger partial charge on any atom is -0.339 e. The van der Waals surface area contributed by atoms with Crippen molar-refractivity contribution in [1.29, 1.82) is 0 Å². The van der Waals surface area contributed by atoms with Gasteiger partial charge in [0.25, 0.3) is 5.91 Å². The van der Waals surface area contributed by atoms with Crippen molar-refractivity contribution in [2.45, 2.75) is 26.7 Å². The Kier molecular flexibility index (Phi) is 5.12. The molecule has 0 radical (unpaired) electrons. The van der Waals surface area contributed by atoms with E-state index in [0.29, 0.717) is 23.6 Å². The summed E-state index contributed by atoms with van der Waals surface area (Å²) in [6.07, 6.45) is 2.23. The number of nitrogens with zero attached hydrogens (tertiary/aromatic N) is 1. The highest BCUT2D eigenvalue weighted by Gasteiger charge is 2.21. The van der Waals surface area contributed by atoms with E-state index in [1.54, 1.807) is 13.0 Å². The maximum absolute atomic E-state index is 13.1. The van der Waals surface area contributed by atoms with Crippen LogP contribution in [0.1, 0.15) is 35.7 Å². The summed E-state index contributed by atoms with van der Waals surface area (Å²) in [4.78, 5) is 14.5. The van der Waals surface area contributed by atoms with Crippen molar-refractivity contribution < 1.29 is 9.18 Å². The first kappa shape index (κ1) is 15.0. The number of amides is 1. The molecule has 1 aliphatic rings. The number of hydrogen-bond acceptors (Lipinski definition) is 2. The van der Waals surface area contributed by atoms with Crippen LogP contribution in [0.15, 0.2) is 18.2 Å². The summed E-state index contributed by atoms with van der Waals surface area (Å²) in [5, 5.41) is 3.34. The van der Waals surface area contributed by atoms with Crippen molar-refractivity contribution in [2.24, 2.45) is 5.92 Å². The van der Waals surface area contributed by atoms with Gasteiger partial charge < -0.3 is 10.2 Å². The molecule has 1 saturated heterocycles.